The van der Waals surface area contributed by atoms with E-state index in [1.165, 1.54) is 29.8 Å². The Morgan fingerprint density at radius 1 is 1.10 bits per heavy atom. The molecule has 3 aromatic rings. The van der Waals surface area contributed by atoms with E-state index in [1.54, 1.807) is 34.1 Å². The zero-order valence-electron chi connectivity index (χ0n) is 22.8. The SMILES string of the molecule is O=C(N[C@H]1CCCC[C@H]2CC[C@@H](C(=O)N3CC(c4cnccc4F)C3)N2C1=O)c1cc2cc(CP(=O)(O)O)ccc2s1. The average Bonchev–Trinajstić information content (AvgIpc) is 3.52. The van der Waals surface area contributed by atoms with Gasteiger partial charge in [0.05, 0.1) is 11.0 Å². The first-order chi connectivity index (χ1) is 20.1. The lowest BCUT2D eigenvalue weighted by Crippen LogP contribution is -2.59. The third-order valence-electron chi connectivity index (χ3n) is 8.55. The number of benzene rings is 1. The third kappa shape index (κ3) is 5.86. The maximum absolute atomic E-state index is 14.2. The number of carbonyl (C=O) groups excluding carboxylic acids is 3. The smallest absolute Gasteiger partial charge is 0.329 e. The van der Waals surface area contributed by atoms with Crippen molar-refractivity contribution in [2.45, 2.75) is 68.7 Å². The van der Waals surface area contributed by atoms with Gasteiger partial charge in [0, 0.05) is 47.7 Å². The number of hydrogen-bond acceptors (Lipinski definition) is 6. The monoisotopic (exact) mass is 614 g/mol. The molecule has 0 radical (unpaired) electrons. The Labute approximate surface area is 246 Å². The maximum Gasteiger partial charge on any atom is 0.329 e. The second kappa shape index (κ2) is 11.5. The molecule has 2 aromatic heterocycles. The molecule has 10 nitrogen and oxygen atoms in total. The zero-order valence-corrected chi connectivity index (χ0v) is 24.5. The van der Waals surface area contributed by atoms with Crippen molar-refractivity contribution in [3.63, 3.8) is 0 Å². The standard InChI is InChI=1S/C29H32FN4O6PS/c30-22-9-10-31-13-21(22)19-14-33(15-19)29(37)24-7-6-20-3-1-2-4-23(28(36)34(20)24)32-27(35)26-12-18-11-17(16-41(38,39)40)5-8-25(18)42-26/h5,8-13,19-20,23-24H,1-4,6-7,14-16H2,(H,32,35)(H2,38,39,40)/t20-,23-,24-/m0/s1. The van der Waals surface area contributed by atoms with Crippen molar-refractivity contribution >= 4 is 46.7 Å². The van der Waals surface area contributed by atoms with E-state index in [4.69, 9.17) is 0 Å². The predicted molar refractivity (Wildman–Crippen MR) is 154 cm³/mol. The van der Waals surface area contributed by atoms with E-state index in [2.05, 4.69) is 10.3 Å². The van der Waals surface area contributed by atoms with Gasteiger partial charge < -0.3 is 24.9 Å². The number of thiophene rings is 1. The molecule has 3 aliphatic heterocycles. The first kappa shape index (κ1) is 28.9. The van der Waals surface area contributed by atoms with Gasteiger partial charge in [0.1, 0.15) is 17.9 Å². The summed E-state index contributed by atoms with van der Waals surface area (Å²) in [6, 6.07) is 6.59. The molecule has 222 valence electrons. The fraction of sp³-hybridized carbons (Fsp3) is 0.448. The van der Waals surface area contributed by atoms with Crippen molar-refractivity contribution in [3.8, 4) is 0 Å². The Morgan fingerprint density at radius 2 is 1.88 bits per heavy atom. The topological polar surface area (TPSA) is 140 Å². The summed E-state index contributed by atoms with van der Waals surface area (Å²) in [6.45, 7) is 0.763. The van der Waals surface area contributed by atoms with Crippen LogP contribution in [0.1, 0.15) is 65.2 Å². The molecule has 3 amide bonds. The second-order valence-electron chi connectivity index (χ2n) is 11.4. The molecule has 3 N–H and O–H groups in total. The van der Waals surface area contributed by atoms with Crippen LogP contribution in [0.25, 0.3) is 10.1 Å². The van der Waals surface area contributed by atoms with Crippen molar-refractivity contribution in [3.05, 3.63) is 64.5 Å². The van der Waals surface area contributed by atoms with Gasteiger partial charge in [-0.2, -0.15) is 0 Å². The Morgan fingerprint density at radius 3 is 2.64 bits per heavy atom. The Kier molecular flexibility index (Phi) is 7.91. The molecule has 6 rings (SSSR count). The van der Waals surface area contributed by atoms with Gasteiger partial charge in [0.25, 0.3) is 5.91 Å². The summed E-state index contributed by atoms with van der Waals surface area (Å²) in [4.78, 5) is 67.1. The molecular weight excluding hydrogens is 582 g/mol. The Bertz CT molecular complexity index is 1590. The lowest BCUT2D eigenvalue weighted by Gasteiger charge is -2.43. The predicted octanol–water partition coefficient (Wildman–Crippen LogP) is 3.77. The van der Waals surface area contributed by atoms with Gasteiger partial charge in [0.15, 0.2) is 0 Å². The van der Waals surface area contributed by atoms with E-state index in [-0.39, 0.29) is 35.8 Å². The first-order valence-electron chi connectivity index (χ1n) is 14.2. The molecule has 13 heteroatoms. The molecule has 0 spiro atoms. The number of halogens is 1. The number of nitrogens with zero attached hydrogens (tertiary/aromatic N) is 3. The van der Waals surface area contributed by atoms with Gasteiger partial charge in [0.2, 0.25) is 11.8 Å². The van der Waals surface area contributed by atoms with Crippen molar-refractivity contribution in [2.75, 3.05) is 13.1 Å². The summed E-state index contributed by atoms with van der Waals surface area (Å²) in [5.41, 5.74) is 0.973. The fourth-order valence-electron chi connectivity index (χ4n) is 6.43. The highest BCUT2D eigenvalue weighted by Crippen LogP contribution is 2.40. The molecule has 42 heavy (non-hydrogen) atoms. The normalized spacial score (nSPS) is 23.3. The van der Waals surface area contributed by atoms with Crippen LogP contribution in [-0.2, 0) is 20.3 Å². The number of rotatable bonds is 6. The number of hydrogen-bond donors (Lipinski definition) is 3. The quantitative estimate of drug-likeness (QED) is 0.359. The Balaban J connectivity index is 1.15. The molecule has 0 unspecified atom stereocenters. The van der Waals surface area contributed by atoms with E-state index in [0.29, 0.717) is 47.3 Å². The minimum Gasteiger partial charge on any atom is -0.340 e. The van der Waals surface area contributed by atoms with Crippen LogP contribution in [0.5, 0.6) is 0 Å². The highest BCUT2D eigenvalue weighted by atomic mass is 32.1. The number of aromatic nitrogens is 1. The van der Waals surface area contributed by atoms with Crippen LogP contribution < -0.4 is 5.32 Å². The highest BCUT2D eigenvalue weighted by Gasteiger charge is 2.47. The van der Waals surface area contributed by atoms with Crippen LogP contribution in [0, 0.1) is 5.82 Å². The lowest BCUT2D eigenvalue weighted by atomic mass is 9.91. The number of likely N-dealkylation sites (tertiary alicyclic amines) is 1. The van der Waals surface area contributed by atoms with E-state index >= 15 is 0 Å². The third-order valence-corrected chi connectivity index (χ3v) is 10.4. The maximum atomic E-state index is 14.2. The molecule has 3 saturated heterocycles. The zero-order chi connectivity index (χ0) is 29.6. The Hall–Kier alpha value is -3.18. The van der Waals surface area contributed by atoms with Gasteiger partial charge in [-0.05, 0) is 60.9 Å². The average molecular weight is 615 g/mol. The molecule has 3 aliphatic rings. The van der Waals surface area contributed by atoms with E-state index < -0.39 is 25.6 Å². The minimum atomic E-state index is -4.22. The lowest BCUT2D eigenvalue weighted by molar-refractivity contribution is -0.149. The van der Waals surface area contributed by atoms with Crippen molar-refractivity contribution in [1.82, 2.24) is 20.1 Å². The summed E-state index contributed by atoms with van der Waals surface area (Å²) < 4.78 is 26.4. The molecule has 3 fully saturated rings. The van der Waals surface area contributed by atoms with Gasteiger partial charge in [-0.25, -0.2) is 4.39 Å². The summed E-state index contributed by atoms with van der Waals surface area (Å²) in [5.74, 6) is -1.23. The summed E-state index contributed by atoms with van der Waals surface area (Å²) in [7, 11) is -4.22. The van der Waals surface area contributed by atoms with Gasteiger partial charge in [-0.15, -0.1) is 11.3 Å². The van der Waals surface area contributed by atoms with Gasteiger partial charge in [-0.3, -0.25) is 23.9 Å². The molecule has 5 heterocycles. The van der Waals surface area contributed by atoms with E-state index in [9.17, 15) is 33.1 Å². The molecule has 3 atom stereocenters. The van der Waals surface area contributed by atoms with Gasteiger partial charge in [-0.1, -0.05) is 18.9 Å². The minimum absolute atomic E-state index is 0.0595. The largest absolute Gasteiger partial charge is 0.340 e. The molecular formula is C29H32FN4O6PS. The van der Waals surface area contributed by atoms with Crippen LogP contribution in [0.15, 0.2) is 42.7 Å². The number of amides is 3. The number of fused-ring (bicyclic) bond motifs is 2. The molecule has 0 bridgehead atoms. The van der Waals surface area contributed by atoms with Crippen LogP contribution in [0.3, 0.4) is 0 Å². The van der Waals surface area contributed by atoms with Gasteiger partial charge >= 0.3 is 7.60 Å². The summed E-state index contributed by atoms with van der Waals surface area (Å²) in [5, 5.41) is 3.61. The van der Waals surface area contributed by atoms with Crippen molar-refractivity contribution < 1.29 is 33.1 Å². The molecule has 1 aromatic carbocycles. The van der Waals surface area contributed by atoms with Crippen LogP contribution in [-0.4, -0.2) is 73.5 Å². The summed E-state index contributed by atoms with van der Waals surface area (Å²) >= 11 is 1.25. The molecule has 0 aliphatic carbocycles. The molecule has 0 saturated carbocycles. The number of nitrogens with one attached hydrogen (secondary N) is 1. The van der Waals surface area contributed by atoms with Crippen molar-refractivity contribution in [2.24, 2.45) is 0 Å². The highest BCUT2D eigenvalue weighted by molar-refractivity contribution is 7.50. The first-order valence-corrected chi connectivity index (χ1v) is 16.8. The van der Waals surface area contributed by atoms with Crippen molar-refractivity contribution in [1.29, 1.82) is 0 Å². The summed E-state index contributed by atoms with van der Waals surface area (Å²) in [6.07, 6.45) is 6.75. The van der Waals surface area contributed by atoms with E-state index in [0.717, 1.165) is 30.4 Å². The van der Waals surface area contributed by atoms with Crippen LogP contribution >= 0.6 is 18.9 Å². The van der Waals surface area contributed by atoms with Crippen LogP contribution in [0.2, 0.25) is 0 Å². The fourth-order valence-corrected chi connectivity index (χ4v) is 8.05. The van der Waals surface area contributed by atoms with Crippen LogP contribution in [0.4, 0.5) is 4.39 Å². The number of pyridine rings is 1. The van der Waals surface area contributed by atoms with E-state index in [1.807, 2.05) is 0 Å². The number of carbonyl (C=O) groups is 3. The second-order valence-corrected chi connectivity index (χ2v) is 14.2.